The first-order valence-corrected chi connectivity index (χ1v) is 18.6. The second-order valence-corrected chi connectivity index (χ2v) is 14.3. The summed E-state index contributed by atoms with van der Waals surface area (Å²) in [6.07, 6.45) is 0. The molecule has 0 aliphatic rings. The predicted molar refractivity (Wildman–Crippen MR) is 223 cm³/mol. The lowest BCUT2D eigenvalue weighted by atomic mass is 9.92. The summed E-state index contributed by atoms with van der Waals surface area (Å²) < 4.78 is 2.49. The molecule has 10 rings (SSSR count). The van der Waals surface area contributed by atoms with Gasteiger partial charge in [-0.05, 0) is 80.6 Å². The van der Waals surface area contributed by atoms with Crippen LogP contribution in [0.2, 0.25) is 0 Å². The number of fused-ring (bicyclic) bond motifs is 4. The van der Waals surface area contributed by atoms with Crippen LogP contribution in [0.3, 0.4) is 0 Å². The van der Waals surface area contributed by atoms with E-state index in [-0.39, 0.29) is 0 Å². The Balaban J connectivity index is 1.14. The maximum atomic E-state index is 5.19. The van der Waals surface area contributed by atoms with Crippen LogP contribution in [0.4, 0.5) is 0 Å². The summed E-state index contributed by atoms with van der Waals surface area (Å²) in [7, 11) is 0. The highest BCUT2D eigenvalue weighted by Gasteiger charge is 2.16. The molecule has 10 aromatic rings. The highest BCUT2D eigenvalue weighted by Crippen LogP contribution is 2.38. The summed E-state index contributed by atoms with van der Waals surface area (Å²) in [6, 6.07) is 66.4. The van der Waals surface area contributed by atoms with Gasteiger partial charge < -0.3 is 0 Å². The zero-order valence-electron chi connectivity index (χ0n) is 28.6. The fourth-order valence-electron chi connectivity index (χ4n) is 7.27. The molecule has 0 N–H and O–H groups in total. The Kier molecular flexibility index (Phi) is 7.67. The summed E-state index contributed by atoms with van der Waals surface area (Å²) in [5.74, 6) is 1.93. The Morgan fingerprint density at radius 2 is 0.792 bits per heavy atom. The highest BCUT2D eigenvalue weighted by atomic mass is 32.1. The predicted octanol–water partition coefficient (Wildman–Crippen LogP) is 13.4. The number of nitrogens with zero attached hydrogens (tertiary/aromatic N) is 3. The van der Waals surface area contributed by atoms with E-state index in [0.29, 0.717) is 17.5 Å². The van der Waals surface area contributed by atoms with Gasteiger partial charge in [-0.3, -0.25) is 0 Å². The van der Waals surface area contributed by atoms with E-state index in [0.717, 1.165) is 33.4 Å². The fourth-order valence-corrected chi connectivity index (χ4v) is 8.41. The van der Waals surface area contributed by atoms with Gasteiger partial charge >= 0.3 is 0 Å². The largest absolute Gasteiger partial charge is 0.208 e. The minimum absolute atomic E-state index is 0.636. The van der Waals surface area contributed by atoms with Crippen molar-refractivity contribution in [2.24, 2.45) is 0 Å². The van der Waals surface area contributed by atoms with Crippen LogP contribution in [0.25, 0.3) is 98.5 Å². The number of thiophene rings is 1. The van der Waals surface area contributed by atoms with Gasteiger partial charge in [-0.15, -0.1) is 11.3 Å². The second kappa shape index (κ2) is 13.1. The van der Waals surface area contributed by atoms with E-state index in [1.165, 1.54) is 47.6 Å². The average Bonchev–Trinajstić information content (AvgIpc) is 3.62. The normalized spacial score (nSPS) is 11.4. The maximum Gasteiger partial charge on any atom is 0.164 e. The first-order chi connectivity index (χ1) is 26.2. The lowest BCUT2D eigenvalue weighted by Crippen LogP contribution is -2.00. The molecule has 8 aromatic carbocycles. The SMILES string of the molecule is c1ccc(-c2cccc(-c3nc(-c4cccc(-c5cc(-c6ccccc6)cc6ccccc56)c4)nc(-c4ccc5c(c4)sc4ccccc45)n3)c2)cc1. The number of benzene rings is 8. The molecule has 0 aliphatic heterocycles. The van der Waals surface area contributed by atoms with Crippen molar-refractivity contribution in [2.75, 3.05) is 0 Å². The third-order valence-electron chi connectivity index (χ3n) is 9.90. The van der Waals surface area contributed by atoms with E-state index < -0.39 is 0 Å². The molecule has 0 fully saturated rings. The van der Waals surface area contributed by atoms with Crippen LogP contribution in [0.1, 0.15) is 0 Å². The van der Waals surface area contributed by atoms with Crippen LogP contribution >= 0.6 is 11.3 Å². The van der Waals surface area contributed by atoms with Gasteiger partial charge in [0.1, 0.15) is 0 Å². The quantitative estimate of drug-likeness (QED) is 0.174. The van der Waals surface area contributed by atoms with Crippen molar-refractivity contribution >= 4 is 42.3 Å². The van der Waals surface area contributed by atoms with Crippen molar-refractivity contribution in [3.05, 3.63) is 188 Å². The molecule has 0 amide bonds. The first-order valence-electron chi connectivity index (χ1n) is 17.8. The zero-order chi connectivity index (χ0) is 35.1. The average molecular weight is 694 g/mol. The number of hydrogen-bond acceptors (Lipinski definition) is 4. The summed E-state index contributed by atoms with van der Waals surface area (Å²) in [5.41, 5.74) is 9.76. The second-order valence-electron chi connectivity index (χ2n) is 13.3. The van der Waals surface area contributed by atoms with Crippen LogP contribution < -0.4 is 0 Å². The molecule has 0 atom stereocenters. The number of rotatable bonds is 6. The zero-order valence-corrected chi connectivity index (χ0v) is 29.5. The van der Waals surface area contributed by atoms with Crippen LogP contribution in [0.5, 0.6) is 0 Å². The molecule has 0 radical (unpaired) electrons. The molecular weight excluding hydrogens is 663 g/mol. The van der Waals surface area contributed by atoms with Gasteiger partial charge in [0.15, 0.2) is 17.5 Å². The summed E-state index contributed by atoms with van der Waals surface area (Å²) in [6.45, 7) is 0. The lowest BCUT2D eigenvalue weighted by Gasteiger charge is -2.13. The van der Waals surface area contributed by atoms with E-state index in [9.17, 15) is 0 Å². The van der Waals surface area contributed by atoms with E-state index >= 15 is 0 Å². The summed E-state index contributed by atoms with van der Waals surface area (Å²) >= 11 is 1.80. The van der Waals surface area contributed by atoms with Crippen LogP contribution in [0, 0.1) is 0 Å². The molecule has 0 saturated heterocycles. The monoisotopic (exact) mass is 693 g/mol. The highest BCUT2D eigenvalue weighted by molar-refractivity contribution is 7.25. The van der Waals surface area contributed by atoms with Crippen molar-refractivity contribution in [3.63, 3.8) is 0 Å². The Labute approximate surface area is 311 Å². The molecule has 3 nitrogen and oxygen atoms in total. The van der Waals surface area contributed by atoms with Crippen molar-refractivity contribution < 1.29 is 0 Å². The Bertz CT molecular complexity index is 2950. The van der Waals surface area contributed by atoms with Crippen LogP contribution in [0.15, 0.2) is 188 Å². The van der Waals surface area contributed by atoms with E-state index in [2.05, 4.69) is 182 Å². The topological polar surface area (TPSA) is 38.7 Å². The van der Waals surface area contributed by atoms with E-state index in [1.54, 1.807) is 11.3 Å². The molecule has 2 aromatic heterocycles. The fraction of sp³-hybridized carbons (Fsp3) is 0. The molecule has 0 bridgehead atoms. The smallest absolute Gasteiger partial charge is 0.164 e. The number of hydrogen-bond donors (Lipinski definition) is 0. The van der Waals surface area contributed by atoms with Gasteiger partial charge in [0.05, 0.1) is 0 Å². The third kappa shape index (κ3) is 5.85. The lowest BCUT2D eigenvalue weighted by molar-refractivity contribution is 1.07. The van der Waals surface area contributed by atoms with Gasteiger partial charge in [-0.1, -0.05) is 152 Å². The van der Waals surface area contributed by atoms with Gasteiger partial charge in [-0.25, -0.2) is 15.0 Å². The third-order valence-corrected chi connectivity index (χ3v) is 11.0. The molecule has 0 saturated carbocycles. The summed E-state index contributed by atoms with van der Waals surface area (Å²) in [4.78, 5) is 15.5. The molecular formula is C49H31N3S. The van der Waals surface area contributed by atoms with Crippen molar-refractivity contribution in [3.8, 4) is 67.5 Å². The standard InChI is InChI=1S/C49H31N3S/c1-3-13-32(14-4-1)34-18-11-20-37(27-34)47-50-48(52-49(51-47)39-25-26-43-42-23-9-10-24-45(42)53-46(43)31-39)38-21-12-19-36(28-38)44-30-40(33-15-5-2-6-16-33)29-35-17-7-8-22-41(35)44/h1-31H. The Morgan fingerprint density at radius 1 is 0.283 bits per heavy atom. The van der Waals surface area contributed by atoms with Gasteiger partial charge in [-0.2, -0.15) is 0 Å². The molecule has 53 heavy (non-hydrogen) atoms. The number of aromatic nitrogens is 3. The van der Waals surface area contributed by atoms with Crippen LogP contribution in [-0.4, -0.2) is 15.0 Å². The van der Waals surface area contributed by atoms with Gasteiger partial charge in [0.2, 0.25) is 0 Å². The van der Waals surface area contributed by atoms with Crippen molar-refractivity contribution in [1.82, 2.24) is 15.0 Å². The molecule has 0 aliphatic carbocycles. The molecule has 248 valence electrons. The van der Waals surface area contributed by atoms with Crippen LogP contribution in [-0.2, 0) is 0 Å². The van der Waals surface area contributed by atoms with Crippen molar-refractivity contribution in [2.45, 2.75) is 0 Å². The maximum absolute atomic E-state index is 5.19. The minimum Gasteiger partial charge on any atom is -0.208 e. The minimum atomic E-state index is 0.636. The molecule has 0 spiro atoms. The van der Waals surface area contributed by atoms with Crippen molar-refractivity contribution in [1.29, 1.82) is 0 Å². The Hall–Kier alpha value is -6.75. The Morgan fingerprint density at radius 3 is 1.51 bits per heavy atom. The van der Waals surface area contributed by atoms with Gasteiger partial charge in [0.25, 0.3) is 0 Å². The molecule has 2 heterocycles. The van der Waals surface area contributed by atoms with E-state index in [1.807, 2.05) is 6.07 Å². The first kappa shape index (κ1) is 31.0. The molecule has 0 unspecified atom stereocenters. The van der Waals surface area contributed by atoms with Gasteiger partial charge in [0, 0.05) is 36.9 Å². The molecule has 4 heteroatoms. The summed E-state index contributed by atoms with van der Waals surface area (Å²) in [5, 5.41) is 4.93. The van der Waals surface area contributed by atoms with E-state index in [4.69, 9.17) is 15.0 Å².